The van der Waals surface area contributed by atoms with Crippen molar-refractivity contribution in [1.29, 1.82) is 0 Å². The van der Waals surface area contributed by atoms with Crippen LogP contribution in [0.25, 0.3) is 0 Å². The molecule has 0 unspecified atom stereocenters. The summed E-state index contributed by atoms with van der Waals surface area (Å²) < 4.78 is 6.66. The Bertz CT molecular complexity index is 648. The van der Waals surface area contributed by atoms with E-state index < -0.39 is 0 Å². The standard InChI is InChI=1S/C14H13Br2N3O2/c1-9-4-2-3-5-12(9)17-8-13(20)19-18-7-10-6-11(15)14(16)21-10/h2-7,17H,8H2,1H3,(H,19,20)/b18-7-. The zero-order chi connectivity index (χ0) is 15.2. The highest BCUT2D eigenvalue weighted by Gasteiger charge is 2.04. The quantitative estimate of drug-likeness (QED) is 0.579. The van der Waals surface area contributed by atoms with Gasteiger partial charge >= 0.3 is 0 Å². The molecule has 0 fully saturated rings. The van der Waals surface area contributed by atoms with Crippen LogP contribution in [0.3, 0.4) is 0 Å². The predicted molar refractivity (Wildman–Crippen MR) is 89.5 cm³/mol. The summed E-state index contributed by atoms with van der Waals surface area (Å²) in [5.41, 5.74) is 4.44. The van der Waals surface area contributed by atoms with Crippen LogP contribution in [-0.4, -0.2) is 18.7 Å². The first-order valence-corrected chi connectivity index (χ1v) is 7.71. The Kier molecular flexibility index (Phi) is 5.58. The van der Waals surface area contributed by atoms with Crippen molar-refractivity contribution in [2.75, 3.05) is 11.9 Å². The van der Waals surface area contributed by atoms with E-state index in [-0.39, 0.29) is 12.5 Å². The molecule has 0 saturated heterocycles. The SMILES string of the molecule is Cc1ccccc1NCC(=O)N/N=C\c1cc(Br)c(Br)o1. The van der Waals surface area contributed by atoms with E-state index in [1.165, 1.54) is 6.21 Å². The van der Waals surface area contributed by atoms with Gasteiger partial charge in [0, 0.05) is 11.8 Å². The Morgan fingerprint density at radius 2 is 2.14 bits per heavy atom. The zero-order valence-electron chi connectivity index (χ0n) is 11.2. The fourth-order valence-electron chi connectivity index (χ4n) is 1.58. The van der Waals surface area contributed by atoms with Gasteiger partial charge in [-0.3, -0.25) is 4.79 Å². The largest absolute Gasteiger partial charge is 0.447 e. The summed E-state index contributed by atoms with van der Waals surface area (Å²) in [7, 11) is 0. The first kappa shape index (κ1) is 15.8. The van der Waals surface area contributed by atoms with Gasteiger partial charge in [-0.2, -0.15) is 5.10 Å². The van der Waals surface area contributed by atoms with E-state index in [1.54, 1.807) is 6.07 Å². The van der Waals surface area contributed by atoms with Crippen LogP contribution in [0.4, 0.5) is 5.69 Å². The maximum Gasteiger partial charge on any atom is 0.259 e. The Hall–Kier alpha value is -1.60. The van der Waals surface area contributed by atoms with Crippen LogP contribution < -0.4 is 10.7 Å². The minimum absolute atomic E-state index is 0.147. The average Bonchev–Trinajstić information content (AvgIpc) is 2.77. The molecule has 0 aliphatic rings. The molecule has 0 aliphatic heterocycles. The van der Waals surface area contributed by atoms with E-state index >= 15 is 0 Å². The monoisotopic (exact) mass is 413 g/mol. The number of halogens is 2. The first-order valence-electron chi connectivity index (χ1n) is 6.12. The van der Waals surface area contributed by atoms with Crippen molar-refractivity contribution >= 4 is 49.7 Å². The molecule has 0 radical (unpaired) electrons. The maximum absolute atomic E-state index is 11.7. The molecule has 0 bridgehead atoms. The van der Waals surface area contributed by atoms with Crippen molar-refractivity contribution in [1.82, 2.24) is 5.43 Å². The first-order chi connectivity index (χ1) is 10.1. The normalized spacial score (nSPS) is 10.8. The lowest BCUT2D eigenvalue weighted by Gasteiger charge is -2.07. The molecule has 21 heavy (non-hydrogen) atoms. The van der Waals surface area contributed by atoms with Crippen molar-refractivity contribution in [2.24, 2.45) is 5.10 Å². The number of aryl methyl sites for hydroxylation is 1. The number of hydrogen-bond donors (Lipinski definition) is 2. The molecule has 0 saturated carbocycles. The van der Waals surface area contributed by atoms with E-state index in [2.05, 4.69) is 47.7 Å². The summed E-state index contributed by atoms with van der Waals surface area (Å²) in [5.74, 6) is 0.292. The van der Waals surface area contributed by atoms with Crippen LogP contribution in [0.5, 0.6) is 0 Å². The number of furan rings is 1. The second-order valence-electron chi connectivity index (χ2n) is 4.23. The van der Waals surface area contributed by atoms with Gasteiger partial charge in [-0.15, -0.1) is 0 Å². The van der Waals surface area contributed by atoms with E-state index in [0.717, 1.165) is 15.7 Å². The number of amides is 1. The smallest absolute Gasteiger partial charge is 0.259 e. The maximum atomic E-state index is 11.7. The van der Waals surface area contributed by atoms with Gasteiger partial charge in [0.2, 0.25) is 0 Å². The van der Waals surface area contributed by atoms with Gasteiger partial charge in [0.15, 0.2) is 4.67 Å². The zero-order valence-corrected chi connectivity index (χ0v) is 14.4. The second kappa shape index (κ2) is 7.42. The van der Waals surface area contributed by atoms with E-state index in [1.807, 2.05) is 31.2 Å². The van der Waals surface area contributed by atoms with Crippen molar-refractivity contribution in [3.63, 3.8) is 0 Å². The van der Waals surface area contributed by atoms with Gasteiger partial charge in [0.25, 0.3) is 5.91 Å². The molecular weight excluding hydrogens is 402 g/mol. The lowest BCUT2D eigenvalue weighted by Crippen LogP contribution is -2.26. The highest BCUT2D eigenvalue weighted by molar-refractivity contribution is 9.13. The highest BCUT2D eigenvalue weighted by Crippen LogP contribution is 2.25. The van der Waals surface area contributed by atoms with Gasteiger partial charge in [0.05, 0.1) is 17.2 Å². The summed E-state index contributed by atoms with van der Waals surface area (Å²) in [6.07, 6.45) is 1.43. The molecule has 7 heteroatoms. The summed E-state index contributed by atoms with van der Waals surface area (Å²) in [4.78, 5) is 11.7. The minimum Gasteiger partial charge on any atom is -0.447 e. The Labute approximate surface area is 139 Å². The third kappa shape index (κ3) is 4.71. The molecule has 1 amide bonds. The molecular formula is C14H13Br2N3O2. The van der Waals surface area contributed by atoms with Crippen LogP contribution >= 0.6 is 31.9 Å². The molecule has 0 spiro atoms. The van der Waals surface area contributed by atoms with E-state index in [4.69, 9.17) is 4.42 Å². The molecule has 2 rings (SSSR count). The topological polar surface area (TPSA) is 66.6 Å². The highest BCUT2D eigenvalue weighted by atomic mass is 79.9. The second-order valence-corrected chi connectivity index (χ2v) is 5.81. The molecule has 0 atom stereocenters. The number of para-hydroxylation sites is 1. The summed E-state index contributed by atoms with van der Waals surface area (Å²) in [6.45, 7) is 2.12. The van der Waals surface area contributed by atoms with Gasteiger partial charge in [0.1, 0.15) is 5.76 Å². The molecule has 2 aromatic rings. The van der Waals surface area contributed by atoms with Crippen LogP contribution in [-0.2, 0) is 4.79 Å². The number of nitrogens with zero attached hydrogens (tertiary/aromatic N) is 1. The van der Waals surface area contributed by atoms with Crippen molar-refractivity contribution < 1.29 is 9.21 Å². The predicted octanol–water partition coefficient (Wildman–Crippen LogP) is 3.68. The molecule has 0 aliphatic carbocycles. The third-order valence-corrected chi connectivity index (χ3v) is 4.34. The molecule has 5 nitrogen and oxygen atoms in total. The molecule has 1 aromatic carbocycles. The number of carbonyl (C=O) groups excluding carboxylic acids is 1. The van der Waals surface area contributed by atoms with E-state index in [0.29, 0.717) is 10.4 Å². The van der Waals surface area contributed by atoms with E-state index in [9.17, 15) is 4.79 Å². The summed E-state index contributed by atoms with van der Waals surface area (Å²) in [6, 6.07) is 9.50. The van der Waals surface area contributed by atoms with Crippen LogP contribution in [0, 0.1) is 6.92 Å². The van der Waals surface area contributed by atoms with Crippen LogP contribution in [0.2, 0.25) is 0 Å². The Morgan fingerprint density at radius 1 is 1.38 bits per heavy atom. The molecule has 2 N–H and O–H groups in total. The van der Waals surface area contributed by atoms with Gasteiger partial charge in [-0.1, -0.05) is 18.2 Å². The van der Waals surface area contributed by atoms with Crippen LogP contribution in [0.1, 0.15) is 11.3 Å². The van der Waals surface area contributed by atoms with Gasteiger partial charge in [-0.05, 0) is 50.4 Å². The third-order valence-electron chi connectivity index (χ3n) is 2.63. The lowest BCUT2D eigenvalue weighted by molar-refractivity contribution is -0.119. The molecule has 1 heterocycles. The fourth-order valence-corrected chi connectivity index (χ4v) is 2.19. The van der Waals surface area contributed by atoms with Gasteiger partial charge in [-0.25, -0.2) is 5.43 Å². The summed E-state index contributed by atoms with van der Waals surface area (Å²) >= 11 is 6.52. The fraction of sp³-hybridized carbons (Fsp3) is 0.143. The van der Waals surface area contributed by atoms with Crippen molar-refractivity contribution in [3.05, 3.63) is 50.8 Å². The number of nitrogens with one attached hydrogen (secondary N) is 2. The molecule has 1 aromatic heterocycles. The minimum atomic E-state index is -0.237. The number of hydrogen-bond acceptors (Lipinski definition) is 4. The Morgan fingerprint density at radius 3 is 2.81 bits per heavy atom. The molecule has 110 valence electrons. The average molecular weight is 415 g/mol. The number of hydrazone groups is 1. The van der Waals surface area contributed by atoms with Crippen molar-refractivity contribution in [2.45, 2.75) is 6.92 Å². The lowest BCUT2D eigenvalue weighted by atomic mass is 10.2. The number of rotatable bonds is 5. The Balaban J connectivity index is 1.81. The number of benzene rings is 1. The van der Waals surface area contributed by atoms with Gasteiger partial charge < -0.3 is 9.73 Å². The summed E-state index contributed by atoms with van der Waals surface area (Å²) in [5, 5.41) is 6.88. The van der Waals surface area contributed by atoms with Crippen molar-refractivity contribution in [3.8, 4) is 0 Å². The number of carbonyl (C=O) groups is 1. The van der Waals surface area contributed by atoms with Crippen LogP contribution in [0.15, 0.2) is 49.0 Å². The number of anilines is 1.